The Bertz CT molecular complexity index is 1170. The summed E-state index contributed by atoms with van der Waals surface area (Å²) in [6.45, 7) is 5.90. The number of aromatic amines is 1. The minimum atomic E-state index is -0.590. The van der Waals surface area contributed by atoms with Crippen molar-refractivity contribution in [1.82, 2.24) is 19.4 Å². The fraction of sp³-hybridized carbons (Fsp3) is 0.458. The lowest BCUT2D eigenvalue weighted by Crippen LogP contribution is -2.43. The minimum absolute atomic E-state index is 0.0882. The van der Waals surface area contributed by atoms with Gasteiger partial charge in [-0.1, -0.05) is 30.3 Å². The maximum Gasteiger partial charge on any atom is 0.411 e. The highest BCUT2D eigenvalue weighted by Crippen LogP contribution is 2.45. The minimum Gasteiger partial charge on any atom is -0.441 e. The van der Waals surface area contributed by atoms with Crippen LogP contribution in [-0.2, 0) is 4.74 Å². The van der Waals surface area contributed by atoms with Crippen LogP contribution in [0.1, 0.15) is 62.9 Å². The maximum absolute atomic E-state index is 12.9. The summed E-state index contributed by atoms with van der Waals surface area (Å²) >= 11 is 0. The highest BCUT2D eigenvalue weighted by Gasteiger charge is 2.51. The Morgan fingerprint density at radius 2 is 1.74 bits per heavy atom. The Morgan fingerprint density at radius 1 is 1.06 bits per heavy atom. The van der Waals surface area contributed by atoms with Crippen molar-refractivity contribution in [3.05, 3.63) is 64.3 Å². The van der Waals surface area contributed by atoms with Gasteiger partial charge in [-0.25, -0.2) is 9.59 Å². The molecule has 0 unspecified atom stereocenters. The van der Waals surface area contributed by atoms with Crippen molar-refractivity contribution in [3.8, 4) is 0 Å². The summed E-state index contributed by atoms with van der Waals surface area (Å²) in [7, 11) is 0. The van der Waals surface area contributed by atoms with E-state index in [1.807, 2.05) is 54.5 Å². The number of hydrogen-bond acceptors (Lipinski definition) is 4. The normalized spacial score (nSPS) is 25.7. The molecule has 31 heavy (non-hydrogen) atoms. The van der Waals surface area contributed by atoms with Crippen LogP contribution in [0.5, 0.6) is 0 Å². The summed E-state index contributed by atoms with van der Waals surface area (Å²) in [4.78, 5) is 34.7. The van der Waals surface area contributed by atoms with Crippen LogP contribution in [0, 0.1) is 6.92 Å². The van der Waals surface area contributed by atoms with Gasteiger partial charge < -0.3 is 9.72 Å². The number of aromatic nitrogens is 3. The zero-order valence-electron chi connectivity index (χ0n) is 18.2. The fourth-order valence-electron chi connectivity index (χ4n) is 5.41. The van der Waals surface area contributed by atoms with Gasteiger partial charge in [-0.2, -0.15) is 0 Å². The van der Waals surface area contributed by atoms with E-state index in [4.69, 9.17) is 4.74 Å². The number of H-pyrrole nitrogens is 1. The zero-order chi connectivity index (χ0) is 21.8. The molecule has 1 atom stereocenters. The molecule has 1 aliphatic carbocycles. The van der Waals surface area contributed by atoms with Gasteiger partial charge >= 0.3 is 11.8 Å². The highest BCUT2D eigenvalue weighted by atomic mass is 16.6. The van der Waals surface area contributed by atoms with Crippen molar-refractivity contribution >= 4 is 17.1 Å². The summed E-state index contributed by atoms with van der Waals surface area (Å²) < 4.78 is 7.67. The molecule has 1 saturated heterocycles. The van der Waals surface area contributed by atoms with Gasteiger partial charge in [0.1, 0.15) is 5.60 Å². The SMILES string of the molecule is Cc1cc2c(cn1)[nH]c(=O)n2C1CCC(N2C(=O)OC(C)(C)[C@@H]2c2ccccc2)CC1. The van der Waals surface area contributed by atoms with Gasteiger partial charge in [0.2, 0.25) is 0 Å². The molecule has 1 amide bonds. The smallest absolute Gasteiger partial charge is 0.411 e. The number of cyclic esters (lactones) is 1. The van der Waals surface area contributed by atoms with Gasteiger partial charge in [-0.05, 0) is 58.1 Å². The summed E-state index contributed by atoms with van der Waals surface area (Å²) in [5.74, 6) is 0. The quantitative estimate of drug-likeness (QED) is 0.677. The molecule has 0 bridgehead atoms. The third-order valence-corrected chi connectivity index (χ3v) is 6.78. The first-order valence-electron chi connectivity index (χ1n) is 11.0. The van der Waals surface area contributed by atoms with Crippen molar-refractivity contribution in [2.24, 2.45) is 0 Å². The number of benzene rings is 1. The number of aryl methyl sites for hydroxylation is 1. The van der Waals surface area contributed by atoms with E-state index >= 15 is 0 Å². The van der Waals surface area contributed by atoms with E-state index in [2.05, 4.69) is 22.1 Å². The van der Waals surface area contributed by atoms with Crippen LogP contribution in [-0.4, -0.2) is 37.2 Å². The van der Waals surface area contributed by atoms with Crippen LogP contribution >= 0.6 is 0 Å². The first kappa shape index (κ1) is 19.8. The number of fused-ring (bicyclic) bond motifs is 1. The predicted molar refractivity (Wildman–Crippen MR) is 118 cm³/mol. The molecule has 2 aliphatic rings. The first-order valence-corrected chi connectivity index (χ1v) is 11.0. The van der Waals surface area contributed by atoms with E-state index in [-0.39, 0.29) is 29.9 Å². The van der Waals surface area contributed by atoms with Crippen molar-refractivity contribution in [2.45, 2.75) is 70.2 Å². The second-order valence-electron chi connectivity index (χ2n) is 9.30. The summed E-state index contributed by atoms with van der Waals surface area (Å²) in [5, 5.41) is 0. The molecule has 1 saturated carbocycles. The van der Waals surface area contributed by atoms with Crippen LogP contribution in [0.2, 0.25) is 0 Å². The molecule has 3 heterocycles. The number of carbonyl (C=O) groups excluding carboxylic acids is 1. The average Bonchev–Trinajstić information content (AvgIpc) is 3.19. The first-order chi connectivity index (χ1) is 14.8. The number of hydrogen-bond donors (Lipinski definition) is 1. The molecule has 7 nitrogen and oxygen atoms in total. The number of carbonyl (C=O) groups is 1. The molecule has 1 N–H and O–H groups in total. The van der Waals surface area contributed by atoms with Gasteiger partial charge in [-0.3, -0.25) is 14.5 Å². The number of nitrogens with one attached hydrogen (secondary N) is 1. The zero-order valence-corrected chi connectivity index (χ0v) is 18.2. The molecule has 3 aromatic rings. The number of rotatable bonds is 3. The summed E-state index contributed by atoms with van der Waals surface area (Å²) in [5.41, 5.74) is 2.98. The van der Waals surface area contributed by atoms with Gasteiger partial charge in [-0.15, -0.1) is 0 Å². The van der Waals surface area contributed by atoms with Crippen molar-refractivity contribution in [2.75, 3.05) is 0 Å². The molecule has 1 aliphatic heterocycles. The fourth-order valence-corrected chi connectivity index (χ4v) is 5.41. The summed E-state index contributed by atoms with van der Waals surface area (Å²) in [6, 6.07) is 12.2. The van der Waals surface area contributed by atoms with Gasteiger partial charge in [0.15, 0.2) is 0 Å². The molecular formula is C24H28N4O3. The average molecular weight is 421 g/mol. The lowest BCUT2D eigenvalue weighted by molar-refractivity contribution is 0.0662. The molecule has 162 valence electrons. The number of imidazole rings is 1. The van der Waals surface area contributed by atoms with Crippen LogP contribution in [0.25, 0.3) is 11.0 Å². The molecule has 0 spiro atoms. The van der Waals surface area contributed by atoms with Crippen molar-refractivity contribution < 1.29 is 9.53 Å². The second-order valence-corrected chi connectivity index (χ2v) is 9.30. The van der Waals surface area contributed by atoms with Gasteiger partial charge in [0.25, 0.3) is 0 Å². The lowest BCUT2D eigenvalue weighted by atomic mass is 9.86. The van der Waals surface area contributed by atoms with Gasteiger partial charge in [0.05, 0.1) is 23.3 Å². The van der Waals surface area contributed by atoms with Crippen molar-refractivity contribution in [3.63, 3.8) is 0 Å². The third-order valence-electron chi connectivity index (χ3n) is 6.78. The molecular weight excluding hydrogens is 392 g/mol. The van der Waals surface area contributed by atoms with Crippen LogP contribution in [0.3, 0.4) is 0 Å². The van der Waals surface area contributed by atoms with E-state index < -0.39 is 5.60 Å². The summed E-state index contributed by atoms with van der Waals surface area (Å²) in [6.07, 6.45) is 4.83. The van der Waals surface area contributed by atoms with E-state index in [0.29, 0.717) is 0 Å². The number of nitrogens with zero attached hydrogens (tertiary/aromatic N) is 3. The second kappa shape index (κ2) is 7.25. The van der Waals surface area contributed by atoms with E-state index in [0.717, 1.165) is 48.0 Å². The Morgan fingerprint density at radius 3 is 2.45 bits per heavy atom. The standard InChI is InChI=1S/C24H28N4O3/c1-15-13-20-19(14-25-15)26-22(29)27(20)17-9-11-18(12-10-17)28-21(16-7-5-4-6-8-16)24(2,3)31-23(28)30/h4-8,13-14,17-18,21H,9-12H2,1-3H3,(H,26,29)/t17?,18?,21-/m0/s1. The van der Waals surface area contributed by atoms with Crippen molar-refractivity contribution in [1.29, 1.82) is 0 Å². The lowest BCUT2D eigenvalue weighted by Gasteiger charge is -2.38. The van der Waals surface area contributed by atoms with Crippen LogP contribution in [0.15, 0.2) is 47.4 Å². The van der Waals surface area contributed by atoms with E-state index in [1.54, 1.807) is 6.20 Å². The third kappa shape index (κ3) is 3.32. The number of pyridine rings is 1. The number of amides is 1. The molecule has 7 heteroatoms. The maximum atomic E-state index is 12.9. The number of ether oxygens (including phenoxy) is 1. The van der Waals surface area contributed by atoms with E-state index in [9.17, 15) is 9.59 Å². The molecule has 1 aromatic carbocycles. The molecule has 2 aromatic heterocycles. The molecule has 5 rings (SSSR count). The van der Waals surface area contributed by atoms with Gasteiger partial charge in [0, 0.05) is 17.8 Å². The van der Waals surface area contributed by atoms with Crippen LogP contribution < -0.4 is 5.69 Å². The van der Waals surface area contributed by atoms with Crippen LogP contribution in [0.4, 0.5) is 4.79 Å². The highest BCUT2D eigenvalue weighted by molar-refractivity contribution is 5.75. The Balaban J connectivity index is 1.40. The monoisotopic (exact) mass is 420 g/mol. The Kier molecular flexibility index (Phi) is 4.64. The Hall–Kier alpha value is -3.09. The van der Waals surface area contributed by atoms with E-state index in [1.165, 1.54) is 0 Å². The molecule has 0 radical (unpaired) electrons. The Labute approximate surface area is 181 Å². The predicted octanol–water partition coefficient (Wildman–Crippen LogP) is 4.49. The largest absolute Gasteiger partial charge is 0.441 e. The topological polar surface area (TPSA) is 80.2 Å². The molecule has 2 fully saturated rings.